The summed E-state index contributed by atoms with van der Waals surface area (Å²) in [4.78, 5) is 39.6. The zero-order chi connectivity index (χ0) is 25.5. The van der Waals surface area contributed by atoms with Gasteiger partial charge in [-0.2, -0.15) is 0 Å². The molecule has 1 aliphatic rings. The maximum Gasteiger partial charge on any atom is 0.266 e. The summed E-state index contributed by atoms with van der Waals surface area (Å²) in [6.45, 7) is 6.68. The standard InChI is InChI=1S/C26H25N3O5S/c1-16-5-12-20(13-6-16)29-24(31)21-14-11-19(15-22(21)25(29)32)27-23(30)17-7-9-18(10-8-17)28-35(33,34)26(2,3)4/h5-15,28H,1-4H3,(H,27,30). The molecule has 0 aromatic heterocycles. The molecular weight excluding hydrogens is 466 g/mol. The van der Waals surface area contributed by atoms with Crippen molar-refractivity contribution < 1.29 is 22.8 Å². The van der Waals surface area contributed by atoms with Crippen LogP contribution in [-0.4, -0.2) is 30.9 Å². The van der Waals surface area contributed by atoms with E-state index in [2.05, 4.69) is 10.0 Å². The van der Waals surface area contributed by atoms with Crippen LogP contribution in [0, 0.1) is 6.92 Å². The SMILES string of the molecule is Cc1ccc(N2C(=O)c3ccc(NC(=O)c4ccc(NS(=O)(=O)C(C)(C)C)cc4)cc3C2=O)cc1. The molecule has 2 N–H and O–H groups in total. The molecule has 0 unspecified atom stereocenters. The highest BCUT2D eigenvalue weighted by Gasteiger charge is 2.37. The minimum absolute atomic E-state index is 0.209. The third-order valence-electron chi connectivity index (χ3n) is 5.64. The molecule has 35 heavy (non-hydrogen) atoms. The number of fused-ring (bicyclic) bond motifs is 1. The van der Waals surface area contributed by atoms with Crippen LogP contribution in [0.1, 0.15) is 57.4 Å². The first-order valence-corrected chi connectivity index (χ1v) is 12.4. The average Bonchev–Trinajstić information content (AvgIpc) is 3.03. The fourth-order valence-corrected chi connectivity index (χ4v) is 4.20. The van der Waals surface area contributed by atoms with E-state index in [1.807, 2.05) is 19.1 Å². The second-order valence-electron chi connectivity index (χ2n) is 9.29. The molecule has 1 aliphatic heterocycles. The lowest BCUT2D eigenvalue weighted by Crippen LogP contribution is -2.33. The number of rotatable bonds is 5. The van der Waals surface area contributed by atoms with Crippen LogP contribution >= 0.6 is 0 Å². The number of hydrogen-bond acceptors (Lipinski definition) is 5. The Hall–Kier alpha value is -3.98. The zero-order valence-electron chi connectivity index (χ0n) is 19.7. The molecule has 3 amide bonds. The van der Waals surface area contributed by atoms with E-state index >= 15 is 0 Å². The molecule has 8 nitrogen and oxygen atoms in total. The number of aryl methyl sites for hydroxylation is 1. The van der Waals surface area contributed by atoms with Gasteiger partial charge in [0.2, 0.25) is 10.0 Å². The van der Waals surface area contributed by atoms with Gasteiger partial charge in [-0.1, -0.05) is 17.7 Å². The Morgan fingerprint density at radius 2 is 1.37 bits per heavy atom. The maximum absolute atomic E-state index is 13.0. The number of hydrogen-bond donors (Lipinski definition) is 2. The second-order valence-corrected chi connectivity index (χ2v) is 11.7. The summed E-state index contributed by atoms with van der Waals surface area (Å²) in [5.41, 5.74) is 2.97. The van der Waals surface area contributed by atoms with Crippen LogP contribution in [0.25, 0.3) is 0 Å². The highest BCUT2D eigenvalue weighted by Crippen LogP contribution is 2.30. The van der Waals surface area contributed by atoms with Crippen molar-refractivity contribution in [2.24, 2.45) is 0 Å². The molecule has 0 atom stereocenters. The summed E-state index contributed by atoms with van der Waals surface area (Å²) in [6.07, 6.45) is 0. The molecule has 0 spiro atoms. The lowest BCUT2D eigenvalue weighted by Gasteiger charge is -2.20. The number of amides is 3. The number of anilines is 3. The Morgan fingerprint density at radius 3 is 1.97 bits per heavy atom. The van der Waals surface area contributed by atoms with Crippen molar-refractivity contribution in [1.29, 1.82) is 0 Å². The molecule has 1 heterocycles. The van der Waals surface area contributed by atoms with Gasteiger partial charge in [0.25, 0.3) is 17.7 Å². The van der Waals surface area contributed by atoms with Crippen LogP contribution in [0.2, 0.25) is 0 Å². The van der Waals surface area contributed by atoms with Gasteiger partial charge in [-0.25, -0.2) is 13.3 Å². The molecule has 0 saturated carbocycles. The number of nitrogens with one attached hydrogen (secondary N) is 2. The smallest absolute Gasteiger partial charge is 0.266 e. The van der Waals surface area contributed by atoms with E-state index in [1.165, 1.54) is 36.4 Å². The van der Waals surface area contributed by atoms with Crippen LogP contribution in [0.15, 0.2) is 66.7 Å². The van der Waals surface area contributed by atoms with Gasteiger partial charge in [0.05, 0.1) is 21.6 Å². The Bertz CT molecular complexity index is 1440. The first kappa shape index (κ1) is 24.2. The second kappa shape index (κ2) is 8.66. The maximum atomic E-state index is 13.0. The van der Waals surface area contributed by atoms with E-state index in [-0.39, 0.29) is 11.1 Å². The lowest BCUT2D eigenvalue weighted by atomic mass is 10.1. The van der Waals surface area contributed by atoms with Gasteiger partial charge in [0.15, 0.2) is 0 Å². The van der Waals surface area contributed by atoms with Gasteiger partial charge >= 0.3 is 0 Å². The molecule has 0 bridgehead atoms. The van der Waals surface area contributed by atoms with E-state index in [0.29, 0.717) is 22.6 Å². The monoisotopic (exact) mass is 491 g/mol. The fourth-order valence-electron chi connectivity index (χ4n) is 3.45. The molecule has 0 saturated heterocycles. The van der Waals surface area contributed by atoms with E-state index in [4.69, 9.17) is 0 Å². The molecule has 0 aliphatic carbocycles. The third kappa shape index (κ3) is 4.67. The lowest BCUT2D eigenvalue weighted by molar-refractivity contribution is 0.0924. The molecular formula is C26H25N3O5S. The van der Waals surface area contributed by atoms with Crippen LogP contribution in [0.3, 0.4) is 0 Å². The van der Waals surface area contributed by atoms with E-state index < -0.39 is 32.5 Å². The number of carbonyl (C=O) groups is 3. The summed E-state index contributed by atoms with van der Waals surface area (Å²) in [6, 6.07) is 17.6. The topological polar surface area (TPSA) is 113 Å². The molecule has 3 aromatic carbocycles. The Kier molecular flexibility index (Phi) is 5.98. The number of carbonyl (C=O) groups excluding carboxylic acids is 3. The molecule has 3 aromatic rings. The Labute approximate surface area is 204 Å². The van der Waals surface area contributed by atoms with E-state index in [9.17, 15) is 22.8 Å². The van der Waals surface area contributed by atoms with Crippen molar-refractivity contribution in [2.75, 3.05) is 14.9 Å². The summed E-state index contributed by atoms with van der Waals surface area (Å²) in [7, 11) is -3.59. The van der Waals surface area contributed by atoms with Gasteiger partial charge < -0.3 is 5.32 Å². The van der Waals surface area contributed by atoms with Crippen LogP contribution in [0.5, 0.6) is 0 Å². The van der Waals surface area contributed by atoms with Crippen molar-refractivity contribution in [3.05, 3.63) is 89.0 Å². The van der Waals surface area contributed by atoms with Crippen LogP contribution in [0.4, 0.5) is 17.1 Å². The first-order valence-electron chi connectivity index (χ1n) is 10.9. The van der Waals surface area contributed by atoms with Gasteiger partial charge in [0.1, 0.15) is 0 Å². The summed E-state index contributed by atoms with van der Waals surface area (Å²) in [5, 5.41) is 2.72. The molecule has 180 valence electrons. The predicted molar refractivity (Wildman–Crippen MR) is 135 cm³/mol. The third-order valence-corrected chi connectivity index (χ3v) is 7.76. The van der Waals surface area contributed by atoms with Crippen molar-refractivity contribution >= 4 is 44.8 Å². The van der Waals surface area contributed by atoms with E-state index in [0.717, 1.165) is 10.5 Å². The Balaban J connectivity index is 1.50. The fraction of sp³-hybridized carbons (Fsp3) is 0.192. The summed E-state index contributed by atoms with van der Waals surface area (Å²) >= 11 is 0. The number of imide groups is 1. The quantitative estimate of drug-likeness (QED) is 0.507. The number of nitrogens with zero attached hydrogens (tertiary/aromatic N) is 1. The Morgan fingerprint density at radius 1 is 0.800 bits per heavy atom. The molecule has 4 rings (SSSR count). The first-order chi connectivity index (χ1) is 16.4. The summed E-state index contributed by atoms with van der Waals surface area (Å²) < 4.78 is 26.1. The van der Waals surface area contributed by atoms with Gasteiger partial charge in [0, 0.05) is 16.9 Å². The average molecular weight is 492 g/mol. The van der Waals surface area contributed by atoms with Crippen LogP contribution in [-0.2, 0) is 10.0 Å². The van der Waals surface area contributed by atoms with Crippen LogP contribution < -0.4 is 14.9 Å². The van der Waals surface area contributed by atoms with E-state index in [1.54, 1.807) is 39.0 Å². The highest BCUT2D eigenvalue weighted by molar-refractivity contribution is 7.94. The minimum Gasteiger partial charge on any atom is -0.322 e. The van der Waals surface area contributed by atoms with Crippen molar-refractivity contribution in [2.45, 2.75) is 32.4 Å². The minimum atomic E-state index is -3.59. The summed E-state index contributed by atoms with van der Waals surface area (Å²) in [5.74, 6) is -1.32. The zero-order valence-corrected chi connectivity index (χ0v) is 20.6. The van der Waals surface area contributed by atoms with Crippen molar-refractivity contribution in [1.82, 2.24) is 0 Å². The van der Waals surface area contributed by atoms with Gasteiger partial charge in [-0.05, 0) is 82.3 Å². The van der Waals surface area contributed by atoms with Crippen molar-refractivity contribution in [3.63, 3.8) is 0 Å². The predicted octanol–water partition coefficient (Wildman–Crippen LogP) is 4.59. The van der Waals surface area contributed by atoms with Crippen molar-refractivity contribution in [3.8, 4) is 0 Å². The number of benzene rings is 3. The normalized spacial score (nSPS) is 13.5. The number of sulfonamides is 1. The molecule has 0 fully saturated rings. The molecule has 9 heteroatoms. The molecule has 0 radical (unpaired) electrons. The largest absolute Gasteiger partial charge is 0.322 e. The van der Waals surface area contributed by atoms with Gasteiger partial charge in [-0.15, -0.1) is 0 Å². The highest BCUT2D eigenvalue weighted by atomic mass is 32.2. The van der Waals surface area contributed by atoms with Gasteiger partial charge in [-0.3, -0.25) is 19.1 Å².